The molecule has 0 radical (unpaired) electrons. The minimum absolute atomic E-state index is 0.189. The fraction of sp³-hybridized carbons (Fsp3) is 0.348. The van der Waals surface area contributed by atoms with Crippen LogP contribution >= 0.6 is 11.6 Å². The molecule has 1 amide bonds. The number of benzene rings is 2. The molecule has 2 aliphatic rings. The number of hydrazone groups is 1. The number of para-hydroxylation sites is 1. The second-order valence-corrected chi connectivity index (χ2v) is 8.00. The van der Waals surface area contributed by atoms with Gasteiger partial charge in [-0.25, -0.2) is 5.01 Å². The lowest BCUT2D eigenvalue weighted by Crippen LogP contribution is -2.48. The van der Waals surface area contributed by atoms with E-state index in [0.29, 0.717) is 16.5 Å². The van der Waals surface area contributed by atoms with Crippen molar-refractivity contribution in [1.29, 1.82) is 5.26 Å². The minimum atomic E-state index is -0.755. The van der Waals surface area contributed by atoms with Crippen LogP contribution in [-0.2, 0) is 4.79 Å². The maximum Gasteiger partial charge on any atom is 0.283 e. The summed E-state index contributed by atoms with van der Waals surface area (Å²) in [6, 6.07) is 16.6. The average molecular weight is 438 g/mol. The minimum Gasteiger partial charge on any atom is -0.497 e. The van der Waals surface area contributed by atoms with Crippen LogP contribution in [0.3, 0.4) is 0 Å². The van der Waals surface area contributed by atoms with Gasteiger partial charge in [-0.15, -0.1) is 0 Å². The van der Waals surface area contributed by atoms with E-state index in [1.165, 1.54) is 0 Å². The van der Waals surface area contributed by atoms with Gasteiger partial charge in [-0.05, 0) is 42.7 Å². The van der Waals surface area contributed by atoms with Gasteiger partial charge in [0.2, 0.25) is 0 Å². The summed E-state index contributed by atoms with van der Waals surface area (Å²) in [5.41, 5.74) is 4.61. The average Bonchev–Trinajstić information content (AvgIpc) is 3.19. The third-order valence-electron chi connectivity index (χ3n) is 5.63. The highest BCUT2D eigenvalue weighted by atomic mass is 35.5. The molecule has 8 heteroatoms. The van der Waals surface area contributed by atoms with Gasteiger partial charge < -0.3 is 4.74 Å². The third-order valence-corrected chi connectivity index (χ3v) is 5.95. The molecule has 0 bridgehead atoms. The number of nitriles is 1. The van der Waals surface area contributed by atoms with Crippen molar-refractivity contribution in [3.63, 3.8) is 0 Å². The van der Waals surface area contributed by atoms with Crippen molar-refractivity contribution >= 4 is 28.9 Å². The highest BCUT2D eigenvalue weighted by Crippen LogP contribution is 2.42. The number of methoxy groups -OCH3 is 1. The lowest BCUT2D eigenvalue weighted by Gasteiger charge is -2.27. The number of carbonyl (C=O) groups is 1. The summed E-state index contributed by atoms with van der Waals surface area (Å²) >= 11 is 6.46. The van der Waals surface area contributed by atoms with E-state index >= 15 is 0 Å². The highest BCUT2D eigenvalue weighted by molar-refractivity contribution is 6.41. The van der Waals surface area contributed by atoms with Gasteiger partial charge in [0.1, 0.15) is 17.4 Å². The smallest absolute Gasteiger partial charge is 0.283 e. The number of nitrogens with zero attached hydrogens (tertiary/aromatic N) is 4. The van der Waals surface area contributed by atoms with Crippen LogP contribution in [0.4, 0.5) is 5.69 Å². The second kappa shape index (κ2) is 9.38. The molecule has 7 nitrogen and oxygen atoms in total. The molecule has 1 unspecified atom stereocenters. The van der Waals surface area contributed by atoms with Gasteiger partial charge in [-0.2, -0.15) is 10.4 Å². The molecule has 160 valence electrons. The van der Waals surface area contributed by atoms with E-state index < -0.39 is 12.0 Å². The lowest BCUT2D eigenvalue weighted by atomic mass is 9.90. The molecule has 1 fully saturated rings. The Morgan fingerprint density at radius 3 is 2.52 bits per heavy atom. The Balaban J connectivity index is 1.71. The molecule has 2 aromatic carbocycles. The monoisotopic (exact) mass is 437 g/mol. The molecular weight excluding hydrogens is 414 g/mol. The maximum atomic E-state index is 13.1. The van der Waals surface area contributed by atoms with Crippen LogP contribution < -0.4 is 15.2 Å². The van der Waals surface area contributed by atoms with Crippen LogP contribution in [0.2, 0.25) is 5.02 Å². The van der Waals surface area contributed by atoms with Crippen LogP contribution in [0, 0.1) is 17.2 Å². The summed E-state index contributed by atoms with van der Waals surface area (Å²) in [6.45, 7) is 1.60. The zero-order chi connectivity index (χ0) is 21.8. The molecule has 0 spiro atoms. The topological polar surface area (TPSA) is 81.0 Å². The fourth-order valence-electron chi connectivity index (χ4n) is 4.03. The molecule has 2 heterocycles. The zero-order valence-electron chi connectivity index (χ0n) is 17.3. The van der Waals surface area contributed by atoms with Crippen molar-refractivity contribution in [2.45, 2.75) is 25.3 Å². The van der Waals surface area contributed by atoms with Crippen LogP contribution in [0.15, 0.2) is 53.6 Å². The molecular formula is C23H24ClN5O2. The number of hydrazine groups is 1. The van der Waals surface area contributed by atoms with E-state index in [9.17, 15) is 10.1 Å². The van der Waals surface area contributed by atoms with Crippen molar-refractivity contribution in [3.05, 3.63) is 59.1 Å². The number of nitrogens with one attached hydrogen (secondary N) is 1. The van der Waals surface area contributed by atoms with Crippen LogP contribution in [0.1, 0.15) is 30.9 Å². The van der Waals surface area contributed by atoms with Crippen molar-refractivity contribution in [1.82, 2.24) is 10.4 Å². The Bertz CT molecular complexity index is 1010. The summed E-state index contributed by atoms with van der Waals surface area (Å²) in [5.74, 6) is -0.389. The van der Waals surface area contributed by atoms with Crippen molar-refractivity contribution in [2.75, 3.05) is 25.2 Å². The van der Waals surface area contributed by atoms with Gasteiger partial charge in [0.25, 0.3) is 5.91 Å². The number of amides is 1. The van der Waals surface area contributed by atoms with E-state index in [4.69, 9.17) is 16.3 Å². The molecule has 4 rings (SSSR count). The third kappa shape index (κ3) is 4.36. The van der Waals surface area contributed by atoms with Gasteiger partial charge in [0, 0.05) is 13.1 Å². The van der Waals surface area contributed by atoms with Gasteiger partial charge in [0.15, 0.2) is 0 Å². The Morgan fingerprint density at radius 2 is 1.87 bits per heavy atom. The SMILES string of the molecule is COc1ccc([C@@H]2C(C#N)C(C(=O)NN3CCCCC3)=NN2c2ccccc2Cl)cc1. The lowest BCUT2D eigenvalue weighted by molar-refractivity contribution is -0.119. The van der Waals surface area contributed by atoms with Crippen LogP contribution in [0.25, 0.3) is 0 Å². The summed E-state index contributed by atoms with van der Waals surface area (Å²) in [4.78, 5) is 13.1. The second-order valence-electron chi connectivity index (χ2n) is 7.59. The predicted octanol–water partition coefficient (Wildman–Crippen LogP) is 3.92. The molecule has 31 heavy (non-hydrogen) atoms. The fourth-order valence-corrected chi connectivity index (χ4v) is 4.25. The molecule has 1 N–H and O–H groups in total. The Labute approximate surface area is 186 Å². The molecule has 2 aromatic rings. The van der Waals surface area contributed by atoms with E-state index in [0.717, 1.165) is 37.9 Å². The first-order valence-electron chi connectivity index (χ1n) is 10.3. The number of piperidine rings is 1. The first-order chi connectivity index (χ1) is 15.1. The van der Waals surface area contributed by atoms with E-state index in [-0.39, 0.29) is 11.6 Å². The quantitative estimate of drug-likeness (QED) is 0.766. The van der Waals surface area contributed by atoms with Crippen molar-refractivity contribution < 1.29 is 9.53 Å². The number of ether oxygens (including phenoxy) is 1. The van der Waals surface area contributed by atoms with Crippen molar-refractivity contribution in [3.8, 4) is 11.8 Å². The molecule has 0 saturated carbocycles. The van der Waals surface area contributed by atoms with E-state index in [1.54, 1.807) is 18.2 Å². The number of rotatable bonds is 5. The van der Waals surface area contributed by atoms with Gasteiger partial charge in [-0.3, -0.25) is 15.2 Å². The summed E-state index contributed by atoms with van der Waals surface area (Å²) in [5, 5.41) is 18.7. The Hall–Kier alpha value is -3.08. The molecule has 2 aliphatic heterocycles. The summed E-state index contributed by atoms with van der Waals surface area (Å²) in [7, 11) is 1.60. The largest absolute Gasteiger partial charge is 0.497 e. The first kappa shape index (κ1) is 21.2. The predicted molar refractivity (Wildman–Crippen MR) is 120 cm³/mol. The van der Waals surface area contributed by atoms with Crippen molar-refractivity contribution in [2.24, 2.45) is 11.0 Å². The number of anilines is 1. The standard InChI is InChI=1S/C23H24ClN5O2/c1-31-17-11-9-16(10-12-17)22-18(15-25)21(23(30)27-28-13-5-2-6-14-28)26-29(22)20-8-4-3-7-19(20)24/h3-4,7-12,18,22H,2,5-6,13-14H2,1H3,(H,27,30)/t18?,22-/m1/s1. The highest BCUT2D eigenvalue weighted by Gasteiger charge is 2.43. The molecule has 2 atom stereocenters. The number of carbonyl (C=O) groups excluding carboxylic acids is 1. The summed E-state index contributed by atoms with van der Waals surface area (Å²) < 4.78 is 5.26. The maximum absolute atomic E-state index is 13.1. The molecule has 1 saturated heterocycles. The number of hydrogen-bond acceptors (Lipinski definition) is 6. The normalized spacial score (nSPS) is 21.3. The Kier molecular flexibility index (Phi) is 6.40. The van der Waals surface area contributed by atoms with E-state index in [2.05, 4.69) is 16.6 Å². The van der Waals surface area contributed by atoms with E-state index in [1.807, 2.05) is 47.5 Å². The number of halogens is 1. The molecule has 0 aromatic heterocycles. The molecule has 0 aliphatic carbocycles. The number of hydrogen-bond donors (Lipinski definition) is 1. The van der Waals surface area contributed by atoms with Gasteiger partial charge in [-0.1, -0.05) is 42.3 Å². The van der Waals surface area contributed by atoms with Crippen LogP contribution in [0.5, 0.6) is 5.75 Å². The Morgan fingerprint density at radius 1 is 1.16 bits per heavy atom. The van der Waals surface area contributed by atoms with Gasteiger partial charge >= 0.3 is 0 Å². The zero-order valence-corrected chi connectivity index (χ0v) is 18.0. The first-order valence-corrected chi connectivity index (χ1v) is 10.7. The van der Waals surface area contributed by atoms with Gasteiger partial charge in [0.05, 0.1) is 29.9 Å². The van der Waals surface area contributed by atoms with Crippen LogP contribution in [-0.4, -0.2) is 36.8 Å². The summed E-state index contributed by atoms with van der Waals surface area (Å²) in [6.07, 6.45) is 3.23.